The zero-order valence-electron chi connectivity index (χ0n) is 13.6. The minimum Gasteiger partial charge on any atom is -0.369 e. The van der Waals surface area contributed by atoms with Crippen molar-refractivity contribution in [3.05, 3.63) is 35.8 Å². The predicted molar refractivity (Wildman–Crippen MR) is 92.8 cm³/mol. The number of thiazole rings is 1. The number of anilines is 1. The summed E-state index contributed by atoms with van der Waals surface area (Å²) in [5, 5.41) is 5.87. The van der Waals surface area contributed by atoms with Crippen LogP contribution in [-0.4, -0.2) is 40.7 Å². The Balaban J connectivity index is 1.72. The van der Waals surface area contributed by atoms with Crippen LogP contribution in [0, 0.1) is 0 Å². The molecule has 2 aromatic rings. The molecule has 1 aliphatic heterocycles. The van der Waals surface area contributed by atoms with Crippen molar-refractivity contribution in [3.63, 3.8) is 0 Å². The molecule has 6 heteroatoms. The normalized spacial score (nSPS) is 20.3. The number of ether oxygens (including phenoxy) is 1. The minimum absolute atomic E-state index is 0.0335. The van der Waals surface area contributed by atoms with Crippen LogP contribution >= 0.6 is 11.3 Å². The topological polar surface area (TPSA) is 54.5 Å². The Kier molecular flexibility index (Phi) is 4.37. The van der Waals surface area contributed by atoms with Crippen molar-refractivity contribution in [2.24, 2.45) is 0 Å². The van der Waals surface area contributed by atoms with E-state index in [1.165, 1.54) is 0 Å². The molecule has 1 N–H and O–H groups in total. The molecule has 2 heterocycles. The molecule has 1 atom stereocenters. The number of nitrogens with one attached hydrogen (secondary N) is 1. The van der Waals surface area contributed by atoms with Gasteiger partial charge in [-0.1, -0.05) is 12.1 Å². The molecule has 23 heavy (non-hydrogen) atoms. The average molecular weight is 331 g/mol. The lowest BCUT2D eigenvalue weighted by Gasteiger charge is -2.41. The molecule has 0 saturated carbocycles. The molecule has 1 aromatic heterocycles. The van der Waals surface area contributed by atoms with Crippen LogP contribution in [0.1, 0.15) is 20.8 Å². The molecule has 1 saturated heterocycles. The van der Waals surface area contributed by atoms with E-state index in [1.807, 2.05) is 55.3 Å². The lowest BCUT2D eigenvalue weighted by Crippen LogP contribution is -2.54. The van der Waals surface area contributed by atoms with E-state index in [-0.39, 0.29) is 17.7 Å². The van der Waals surface area contributed by atoms with Crippen LogP contribution < -0.4 is 5.32 Å². The maximum atomic E-state index is 12.5. The maximum absolute atomic E-state index is 12.5. The molecule has 5 nitrogen and oxygen atoms in total. The van der Waals surface area contributed by atoms with Crippen LogP contribution in [0.15, 0.2) is 35.8 Å². The van der Waals surface area contributed by atoms with E-state index in [4.69, 9.17) is 4.74 Å². The number of aromatic nitrogens is 1. The zero-order chi connectivity index (χ0) is 16.4. The van der Waals surface area contributed by atoms with Gasteiger partial charge in [0.05, 0.1) is 18.2 Å². The summed E-state index contributed by atoms with van der Waals surface area (Å²) >= 11 is 1.58. The third-order valence-corrected chi connectivity index (χ3v) is 4.47. The van der Waals surface area contributed by atoms with Gasteiger partial charge in [-0.15, -0.1) is 11.3 Å². The molecule has 1 unspecified atom stereocenters. The number of hydrogen-bond acceptors (Lipinski definition) is 4. The SMILES string of the molecule is CC1CN(C(=O)Nc2cccc(-c3nccs3)c2)CC(C)(C)O1. The second kappa shape index (κ2) is 6.29. The number of amides is 2. The smallest absolute Gasteiger partial charge is 0.322 e. The number of morpholine rings is 1. The second-order valence-electron chi connectivity index (χ2n) is 6.42. The van der Waals surface area contributed by atoms with Crippen molar-refractivity contribution in [3.8, 4) is 10.6 Å². The molecule has 122 valence electrons. The van der Waals surface area contributed by atoms with Crippen LogP contribution in [-0.2, 0) is 4.74 Å². The Hall–Kier alpha value is -1.92. The van der Waals surface area contributed by atoms with Crippen LogP contribution in [0.25, 0.3) is 10.6 Å². The van der Waals surface area contributed by atoms with Gasteiger partial charge < -0.3 is 15.0 Å². The summed E-state index contributed by atoms with van der Waals surface area (Å²) in [6.45, 7) is 7.18. The summed E-state index contributed by atoms with van der Waals surface area (Å²) in [5.41, 5.74) is 1.46. The third-order valence-electron chi connectivity index (χ3n) is 3.65. The fourth-order valence-electron chi connectivity index (χ4n) is 2.91. The number of hydrogen-bond donors (Lipinski definition) is 1. The Morgan fingerprint density at radius 3 is 3.00 bits per heavy atom. The molecule has 0 bridgehead atoms. The number of nitrogens with zero attached hydrogens (tertiary/aromatic N) is 2. The highest BCUT2D eigenvalue weighted by molar-refractivity contribution is 7.13. The van der Waals surface area contributed by atoms with Crippen molar-refractivity contribution in [2.45, 2.75) is 32.5 Å². The summed E-state index contributed by atoms with van der Waals surface area (Å²) in [6.07, 6.45) is 1.81. The Bertz CT molecular complexity index is 685. The van der Waals surface area contributed by atoms with Crippen LogP contribution in [0.3, 0.4) is 0 Å². The van der Waals surface area contributed by atoms with Gasteiger partial charge in [-0.05, 0) is 32.9 Å². The summed E-state index contributed by atoms with van der Waals surface area (Å²) in [6, 6.07) is 7.67. The van der Waals surface area contributed by atoms with Crippen LogP contribution in [0.2, 0.25) is 0 Å². The fraction of sp³-hybridized carbons (Fsp3) is 0.412. The van der Waals surface area contributed by atoms with E-state index < -0.39 is 0 Å². The molecule has 0 radical (unpaired) electrons. The van der Waals surface area contributed by atoms with Crippen molar-refractivity contribution in [1.82, 2.24) is 9.88 Å². The van der Waals surface area contributed by atoms with E-state index in [0.29, 0.717) is 13.1 Å². The van der Waals surface area contributed by atoms with E-state index in [1.54, 1.807) is 17.5 Å². The standard InChI is InChI=1S/C17H21N3O2S/c1-12-10-20(11-17(2,3)22-12)16(21)19-14-6-4-5-13(9-14)15-18-7-8-23-15/h4-9,12H,10-11H2,1-3H3,(H,19,21). The minimum atomic E-state index is -0.322. The third kappa shape index (κ3) is 3.89. The lowest BCUT2D eigenvalue weighted by molar-refractivity contribution is -0.116. The monoisotopic (exact) mass is 331 g/mol. The Morgan fingerprint density at radius 1 is 1.48 bits per heavy atom. The van der Waals surface area contributed by atoms with Gasteiger partial charge in [-0.3, -0.25) is 0 Å². The van der Waals surface area contributed by atoms with E-state index in [0.717, 1.165) is 16.3 Å². The van der Waals surface area contributed by atoms with Crippen molar-refractivity contribution in [2.75, 3.05) is 18.4 Å². The number of rotatable bonds is 2. The Labute approximate surface area is 140 Å². The van der Waals surface area contributed by atoms with Gasteiger partial charge in [0.25, 0.3) is 0 Å². The summed E-state index contributed by atoms with van der Waals surface area (Å²) < 4.78 is 5.84. The molecule has 0 aliphatic carbocycles. The first-order valence-electron chi connectivity index (χ1n) is 7.67. The molecule has 1 aromatic carbocycles. The molecule has 1 aliphatic rings. The lowest BCUT2D eigenvalue weighted by atomic mass is 10.1. The maximum Gasteiger partial charge on any atom is 0.322 e. The molecular formula is C17H21N3O2S. The van der Waals surface area contributed by atoms with E-state index in [9.17, 15) is 4.79 Å². The van der Waals surface area contributed by atoms with Gasteiger partial charge in [-0.25, -0.2) is 9.78 Å². The highest BCUT2D eigenvalue weighted by Crippen LogP contribution is 2.25. The van der Waals surface area contributed by atoms with Crippen LogP contribution in [0.4, 0.5) is 10.5 Å². The average Bonchev–Trinajstić information content (AvgIpc) is 2.99. The molecule has 3 rings (SSSR count). The van der Waals surface area contributed by atoms with E-state index in [2.05, 4.69) is 10.3 Å². The van der Waals surface area contributed by atoms with Gasteiger partial charge in [0.2, 0.25) is 0 Å². The highest BCUT2D eigenvalue weighted by Gasteiger charge is 2.33. The molecule has 2 amide bonds. The fourth-order valence-corrected chi connectivity index (χ4v) is 3.54. The second-order valence-corrected chi connectivity index (χ2v) is 7.31. The zero-order valence-corrected chi connectivity index (χ0v) is 14.4. The first-order chi connectivity index (χ1) is 10.9. The Morgan fingerprint density at radius 2 is 2.30 bits per heavy atom. The first-order valence-corrected chi connectivity index (χ1v) is 8.55. The van der Waals surface area contributed by atoms with Crippen LogP contribution in [0.5, 0.6) is 0 Å². The van der Waals surface area contributed by atoms with Crippen molar-refractivity contribution >= 4 is 23.1 Å². The number of benzene rings is 1. The first kappa shape index (κ1) is 16.0. The highest BCUT2D eigenvalue weighted by atomic mass is 32.1. The van der Waals surface area contributed by atoms with Gasteiger partial charge in [0.15, 0.2) is 0 Å². The van der Waals surface area contributed by atoms with Crippen molar-refractivity contribution < 1.29 is 9.53 Å². The van der Waals surface area contributed by atoms with Gasteiger partial charge >= 0.3 is 6.03 Å². The van der Waals surface area contributed by atoms with Crippen molar-refractivity contribution in [1.29, 1.82) is 0 Å². The number of carbonyl (C=O) groups is 1. The van der Waals surface area contributed by atoms with Gasteiger partial charge in [0, 0.05) is 29.4 Å². The van der Waals surface area contributed by atoms with Gasteiger partial charge in [-0.2, -0.15) is 0 Å². The molecular weight excluding hydrogens is 310 g/mol. The largest absolute Gasteiger partial charge is 0.369 e. The van der Waals surface area contributed by atoms with E-state index >= 15 is 0 Å². The summed E-state index contributed by atoms with van der Waals surface area (Å²) in [7, 11) is 0. The number of carbonyl (C=O) groups excluding carboxylic acids is 1. The summed E-state index contributed by atoms with van der Waals surface area (Å²) in [5.74, 6) is 0. The molecule has 1 fully saturated rings. The summed E-state index contributed by atoms with van der Waals surface area (Å²) in [4.78, 5) is 18.7. The number of urea groups is 1. The quantitative estimate of drug-likeness (QED) is 0.909. The predicted octanol–water partition coefficient (Wildman–Crippen LogP) is 3.84. The molecule has 0 spiro atoms. The van der Waals surface area contributed by atoms with Gasteiger partial charge in [0.1, 0.15) is 5.01 Å².